The van der Waals surface area contributed by atoms with Crippen LogP contribution in [0.4, 0.5) is 0 Å². The first-order chi connectivity index (χ1) is 11.2. The Morgan fingerprint density at radius 2 is 2.26 bits per heavy atom. The van der Waals surface area contributed by atoms with Gasteiger partial charge in [0.1, 0.15) is 5.76 Å². The zero-order valence-corrected chi connectivity index (χ0v) is 14.1. The van der Waals surface area contributed by atoms with E-state index in [2.05, 4.69) is 20.2 Å². The number of amides is 1. The minimum Gasteiger partial charge on any atom is -0.468 e. The molecule has 2 aromatic rings. The summed E-state index contributed by atoms with van der Waals surface area (Å²) in [4.78, 5) is 21.5. The number of carbonyl (C=O) groups excluding carboxylic acids is 1. The molecule has 2 saturated heterocycles. The lowest BCUT2D eigenvalue weighted by Crippen LogP contribution is -2.51. The molecular weight excluding hydrogens is 310 g/mol. The standard InChI is InChI=1S/C17H21N3O2S/c1-12-18-13(11-23-12)9-20-16-6-7-19(10-14-3-2-8-22-14)15(16)4-5-17(20)21/h2-3,8,11,15-16H,4-7,9-10H2,1H3/t15-,16-/m1/s1. The third-order valence-corrected chi connectivity index (χ3v) is 5.76. The van der Waals surface area contributed by atoms with E-state index in [1.807, 2.05) is 19.1 Å². The molecule has 4 rings (SSSR count). The number of hydrogen-bond acceptors (Lipinski definition) is 5. The summed E-state index contributed by atoms with van der Waals surface area (Å²) in [7, 11) is 0. The van der Waals surface area contributed by atoms with Gasteiger partial charge in [0, 0.05) is 30.4 Å². The van der Waals surface area contributed by atoms with Crippen molar-refractivity contribution >= 4 is 17.2 Å². The molecular formula is C17H21N3O2S. The van der Waals surface area contributed by atoms with Crippen LogP contribution in [0.15, 0.2) is 28.2 Å². The SMILES string of the molecule is Cc1nc(CN2C(=O)CC[C@@H]3[C@H]2CCN3Cc2ccco2)cs1. The van der Waals surface area contributed by atoms with E-state index in [4.69, 9.17) is 4.42 Å². The van der Waals surface area contributed by atoms with Crippen molar-refractivity contribution in [3.63, 3.8) is 0 Å². The van der Waals surface area contributed by atoms with Crippen molar-refractivity contribution in [1.82, 2.24) is 14.8 Å². The van der Waals surface area contributed by atoms with Crippen LogP contribution in [0, 0.1) is 6.92 Å². The minimum atomic E-state index is 0.275. The van der Waals surface area contributed by atoms with Gasteiger partial charge < -0.3 is 9.32 Å². The Balaban J connectivity index is 1.49. The second-order valence-electron chi connectivity index (χ2n) is 6.39. The first-order valence-electron chi connectivity index (χ1n) is 8.17. The number of rotatable bonds is 4. The molecule has 6 heteroatoms. The van der Waals surface area contributed by atoms with Gasteiger partial charge in [0.05, 0.1) is 30.1 Å². The van der Waals surface area contributed by atoms with Gasteiger partial charge >= 0.3 is 0 Å². The Labute approximate surface area is 139 Å². The van der Waals surface area contributed by atoms with Crippen molar-refractivity contribution in [1.29, 1.82) is 0 Å². The van der Waals surface area contributed by atoms with E-state index in [1.165, 1.54) is 0 Å². The largest absolute Gasteiger partial charge is 0.468 e. The fourth-order valence-electron chi connectivity index (χ4n) is 3.90. The molecule has 2 fully saturated rings. The third-order valence-electron chi connectivity index (χ3n) is 4.94. The molecule has 23 heavy (non-hydrogen) atoms. The average Bonchev–Trinajstić information content (AvgIpc) is 3.25. The molecule has 122 valence electrons. The Morgan fingerprint density at radius 3 is 3.00 bits per heavy atom. The molecule has 2 aliphatic heterocycles. The number of aryl methyl sites for hydroxylation is 1. The van der Waals surface area contributed by atoms with Gasteiger partial charge in [-0.05, 0) is 31.9 Å². The van der Waals surface area contributed by atoms with Crippen molar-refractivity contribution in [2.24, 2.45) is 0 Å². The number of nitrogens with zero attached hydrogens (tertiary/aromatic N) is 3. The highest BCUT2D eigenvalue weighted by molar-refractivity contribution is 7.09. The number of aromatic nitrogens is 1. The van der Waals surface area contributed by atoms with Gasteiger partial charge in [-0.25, -0.2) is 4.98 Å². The van der Waals surface area contributed by atoms with Crippen LogP contribution in [0.25, 0.3) is 0 Å². The van der Waals surface area contributed by atoms with Crippen molar-refractivity contribution in [2.45, 2.75) is 51.4 Å². The minimum absolute atomic E-state index is 0.275. The summed E-state index contributed by atoms with van der Waals surface area (Å²) in [5.74, 6) is 1.28. The second-order valence-corrected chi connectivity index (χ2v) is 7.45. The molecule has 0 unspecified atom stereocenters. The lowest BCUT2D eigenvalue weighted by Gasteiger charge is -2.39. The molecule has 0 spiro atoms. The molecule has 0 radical (unpaired) electrons. The zero-order chi connectivity index (χ0) is 15.8. The zero-order valence-electron chi connectivity index (χ0n) is 13.3. The van der Waals surface area contributed by atoms with Gasteiger partial charge in [-0.2, -0.15) is 0 Å². The van der Waals surface area contributed by atoms with E-state index in [0.29, 0.717) is 25.0 Å². The number of likely N-dealkylation sites (tertiary alicyclic amines) is 2. The van der Waals surface area contributed by atoms with Crippen LogP contribution >= 0.6 is 11.3 Å². The molecule has 2 atom stereocenters. The predicted octanol–water partition coefficient (Wildman–Crippen LogP) is 2.81. The summed E-state index contributed by atoms with van der Waals surface area (Å²) in [6, 6.07) is 4.71. The van der Waals surface area contributed by atoms with Crippen molar-refractivity contribution in [2.75, 3.05) is 6.54 Å². The quantitative estimate of drug-likeness (QED) is 0.864. The fourth-order valence-corrected chi connectivity index (χ4v) is 4.50. The number of piperidine rings is 1. The third kappa shape index (κ3) is 2.93. The topological polar surface area (TPSA) is 49.6 Å². The summed E-state index contributed by atoms with van der Waals surface area (Å²) in [5, 5.41) is 3.13. The van der Waals surface area contributed by atoms with E-state index in [-0.39, 0.29) is 5.91 Å². The van der Waals surface area contributed by atoms with Gasteiger partial charge in [-0.1, -0.05) is 0 Å². The lowest BCUT2D eigenvalue weighted by atomic mass is 9.96. The fraction of sp³-hybridized carbons (Fsp3) is 0.529. The molecule has 1 amide bonds. The van der Waals surface area contributed by atoms with Crippen LogP contribution in [0.5, 0.6) is 0 Å². The van der Waals surface area contributed by atoms with Gasteiger partial charge in [-0.15, -0.1) is 11.3 Å². The highest BCUT2D eigenvalue weighted by atomic mass is 32.1. The number of furan rings is 1. The number of hydrogen-bond donors (Lipinski definition) is 0. The van der Waals surface area contributed by atoms with E-state index < -0.39 is 0 Å². The summed E-state index contributed by atoms with van der Waals surface area (Å²) >= 11 is 1.65. The Kier molecular flexibility index (Phi) is 3.95. The summed E-state index contributed by atoms with van der Waals surface area (Å²) in [6.07, 6.45) is 4.36. The van der Waals surface area contributed by atoms with E-state index in [0.717, 1.165) is 42.4 Å². The van der Waals surface area contributed by atoms with Gasteiger partial charge in [0.25, 0.3) is 0 Å². The predicted molar refractivity (Wildman–Crippen MR) is 87.9 cm³/mol. The molecule has 4 heterocycles. The van der Waals surface area contributed by atoms with Gasteiger partial charge in [-0.3, -0.25) is 9.69 Å². The average molecular weight is 331 g/mol. The second kappa shape index (κ2) is 6.09. The molecule has 0 saturated carbocycles. The van der Waals surface area contributed by atoms with Gasteiger partial charge in [0.15, 0.2) is 0 Å². The maximum atomic E-state index is 12.4. The molecule has 0 aliphatic carbocycles. The van der Waals surface area contributed by atoms with Crippen molar-refractivity contribution in [3.8, 4) is 0 Å². The monoisotopic (exact) mass is 331 g/mol. The molecule has 0 N–H and O–H groups in total. The van der Waals surface area contributed by atoms with Crippen LogP contribution in [-0.2, 0) is 17.9 Å². The number of thiazole rings is 1. The summed E-state index contributed by atoms with van der Waals surface area (Å²) in [5.41, 5.74) is 1.02. The molecule has 0 aromatic carbocycles. The first-order valence-corrected chi connectivity index (χ1v) is 9.05. The normalized spacial score (nSPS) is 25.1. The molecule has 5 nitrogen and oxygen atoms in total. The maximum Gasteiger partial charge on any atom is 0.223 e. The van der Waals surface area contributed by atoms with Gasteiger partial charge in [0.2, 0.25) is 5.91 Å². The summed E-state index contributed by atoms with van der Waals surface area (Å²) < 4.78 is 5.49. The smallest absolute Gasteiger partial charge is 0.223 e. The van der Waals surface area contributed by atoms with Crippen molar-refractivity contribution < 1.29 is 9.21 Å². The first kappa shape index (κ1) is 14.9. The van der Waals surface area contributed by atoms with Crippen LogP contribution < -0.4 is 0 Å². The lowest BCUT2D eigenvalue weighted by molar-refractivity contribution is -0.138. The number of carbonyl (C=O) groups is 1. The Morgan fingerprint density at radius 1 is 1.35 bits per heavy atom. The highest BCUT2D eigenvalue weighted by Crippen LogP contribution is 2.33. The highest BCUT2D eigenvalue weighted by Gasteiger charge is 2.43. The van der Waals surface area contributed by atoms with Crippen LogP contribution in [0.2, 0.25) is 0 Å². The molecule has 2 aromatic heterocycles. The maximum absolute atomic E-state index is 12.4. The number of fused-ring (bicyclic) bond motifs is 1. The Hall–Kier alpha value is -1.66. The molecule has 2 aliphatic rings. The van der Waals surface area contributed by atoms with Crippen molar-refractivity contribution in [3.05, 3.63) is 40.2 Å². The van der Waals surface area contributed by atoms with E-state index >= 15 is 0 Å². The van der Waals surface area contributed by atoms with Crippen LogP contribution in [0.1, 0.15) is 35.7 Å². The van der Waals surface area contributed by atoms with Crippen LogP contribution in [-0.4, -0.2) is 39.3 Å². The van der Waals surface area contributed by atoms with Crippen LogP contribution in [0.3, 0.4) is 0 Å². The Bertz CT molecular complexity index is 682. The van der Waals surface area contributed by atoms with E-state index in [9.17, 15) is 4.79 Å². The van der Waals surface area contributed by atoms with E-state index in [1.54, 1.807) is 17.6 Å². The summed E-state index contributed by atoms with van der Waals surface area (Å²) in [6.45, 7) is 4.52. The molecule has 0 bridgehead atoms.